The lowest BCUT2D eigenvalue weighted by Crippen LogP contribution is -2.43. The van der Waals surface area contributed by atoms with Crippen LogP contribution in [0.15, 0.2) is 54.6 Å². The summed E-state index contributed by atoms with van der Waals surface area (Å²) in [4.78, 5) is 14.2. The average molecular weight is 267 g/mol. The molecule has 3 heteroatoms. The van der Waals surface area contributed by atoms with E-state index in [1.54, 1.807) is 17.0 Å². The second-order valence-corrected chi connectivity index (χ2v) is 5.07. The second-order valence-electron chi connectivity index (χ2n) is 5.07. The highest BCUT2D eigenvalue weighted by Gasteiger charge is 2.29. The van der Waals surface area contributed by atoms with Gasteiger partial charge in [0.05, 0.1) is 5.69 Å². The fourth-order valence-electron chi connectivity index (χ4n) is 2.60. The summed E-state index contributed by atoms with van der Waals surface area (Å²) >= 11 is 0. The number of hydrogen-bond acceptors (Lipinski definition) is 2. The summed E-state index contributed by atoms with van der Waals surface area (Å²) < 4.78 is 5.47. The van der Waals surface area contributed by atoms with E-state index in [0.717, 1.165) is 18.5 Å². The largest absolute Gasteiger partial charge is 0.420 e. The molecule has 0 bridgehead atoms. The van der Waals surface area contributed by atoms with E-state index in [-0.39, 0.29) is 12.1 Å². The minimum Gasteiger partial charge on any atom is -0.410 e. The number of rotatable bonds is 1. The maximum Gasteiger partial charge on any atom is 0.420 e. The number of nitrogens with zero attached hydrogens (tertiary/aromatic N) is 1. The van der Waals surface area contributed by atoms with E-state index in [1.807, 2.05) is 36.4 Å². The van der Waals surface area contributed by atoms with Crippen LogP contribution in [0.4, 0.5) is 10.5 Å². The third-order valence-corrected chi connectivity index (χ3v) is 3.67. The topological polar surface area (TPSA) is 29.5 Å². The Morgan fingerprint density at radius 1 is 1.10 bits per heavy atom. The van der Waals surface area contributed by atoms with Crippen LogP contribution in [0.1, 0.15) is 18.9 Å². The fourth-order valence-corrected chi connectivity index (χ4v) is 2.60. The standard InChI is InChI=1S/C17H17NO2/c1-13-11-12-14-7-5-6-10-16(14)18(13)17(19)20-15-8-3-2-4-9-15/h2-10,13H,11-12H2,1H3. The summed E-state index contributed by atoms with van der Waals surface area (Å²) in [6.07, 6.45) is 1.66. The van der Waals surface area contributed by atoms with Crippen molar-refractivity contribution in [1.82, 2.24) is 0 Å². The van der Waals surface area contributed by atoms with Crippen molar-refractivity contribution in [3.63, 3.8) is 0 Å². The molecule has 0 saturated heterocycles. The van der Waals surface area contributed by atoms with E-state index in [0.29, 0.717) is 5.75 Å². The maximum atomic E-state index is 12.4. The van der Waals surface area contributed by atoms with Crippen LogP contribution in [0.3, 0.4) is 0 Å². The predicted molar refractivity (Wildman–Crippen MR) is 79.2 cm³/mol. The fraction of sp³-hybridized carbons (Fsp3) is 0.235. The number of anilines is 1. The van der Waals surface area contributed by atoms with Gasteiger partial charge in [0.1, 0.15) is 5.75 Å². The van der Waals surface area contributed by atoms with E-state index >= 15 is 0 Å². The first kappa shape index (κ1) is 12.7. The molecule has 20 heavy (non-hydrogen) atoms. The lowest BCUT2D eigenvalue weighted by Gasteiger charge is -2.34. The molecule has 1 unspecified atom stereocenters. The summed E-state index contributed by atoms with van der Waals surface area (Å²) in [6, 6.07) is 17.4. The van der Waals surface area contributed by atoms with Crippen molar-refractivity contribution in [2.75, 3.05) is 4.90 Å². The molecule has 0 spiro atoms. The third kappa shape index (κ3) is 2.39. The molecule has 1 aliphatic rings. The van der Waals surface area contributed by atoms with Gasteiger partial charge in [-0.3, -0.25) is 4.90 Å². The van der Waals surface area contributed by atoms with Crippen molar-refractivity contribution in [3.05, 3.63) is 60.2 Å². The maximum absolute atomic E-state index is 12.4. The van der Waals surface area contributed by atoms with Crippen LogP contribution >= 0.6 is 0 Å². The second kappa shape index (κ2) is 5.37. The predicted octanol–water partition coefficient (Wildman–Crippen LogP) is 4.03. The van der Waals surface area contributed by atoms with Crippen molar-refractivity contribution < 1.29 is 9.53 Å². The lowest BCUT2D eigenvalue weighted by atomic mass is 9.97. The summed E-state index contributed by atoms with van der Waals surface area (Å²) in [5.74, 6) is 0.577. The third-order valence-electron chi connectivity index (χ3n) is 3.67. The Hall–Kier alpha value is -2.29. The van der Waals surface area contributed by atoms with Gasteiger partial charge in [0, 0.05) is 6.04 Å². The molecule has 1 amide bonds. The van der Waals surface area contributed by atoms with Gasteiger partial charge in [-0.05, 0) is 43.5 Å². The van der Waals surface area contributed by atoms with Crippen LogP contribution in [0.5, 0.6) is 5.75 Å². The summed E-state index contributed by atoms with van der Waals surface area (Å²) in [6.45, 7) is 2.06. The zero-order valence-electron chi connectivity index (χ0n) is 11.5. The Bertz CT molecular complexity index is 609. The minimum atomic E-state index is -0.309. The molecule has 0 fully saturated rings. The van der Waals surface area contributed by atoms with Crippen LogP contribution in [0.2, 0.25) is 0 Å². The van der Waals surface area contributed by atoms with Crippen molar-refractivity contribution >= 4 is 11.8 Å². The Balaban J connectivity index is 1.87. The van der Waals surface area contributed by atoms with Crippen molar-refractivity contribution in [2.24, 2.45) is 0 Å². The van der Waals surface area contributed by atoms with Gasteiger partial charge in [-0.1, -0.05) is 36.4 Å². The molecule has 1 atom stereocenters. The van der Waals surface area contributed by atoms with Gasteiger partial charge in [-0.15, -0.1) is 0 Å². The van der Waals surface area contributed by atoms with E-state index < -0.39 is 0 Å². The van der Waals surface area contributed by atoms with Gasteiger partial charge in [-0.2, -0.15) is 0 Å². The van der Waals surface area contributed by atoms with Crippen LogP contribution in [0.25, 0.3) is 0 Å². The van der Waals surface area contributed by atoms with E-state index in [9.17, 15) is 4.79 Å². The molecule has 3 rings (SSSR count). The Kier molecular flexibility index (Phi) is 3.42. The molecule has 0 saturated carbocycles. The highest BCUT2D eigenvalue weighted by atomic mass is 16.6. The van der Waals surface area contributed by atoms with E-state index in [2.05, 4.69) is 13.0 Å². The van der Waals surface area contributed by atoms with E-state index in [4.69, 9.17) is 4.74 Å². The number of benzene rings is 2. The number of hydrogen-bond donors (Lipinski definition) is 0. The SMILES string of the molecule is CC1CCc2ccccc2N1C(=O)Oc1ccccc1. The van der Waals surface area contributed by atoms with Crippen molar-refractivity contribution in [3.8, 4) is 5.75 Å². The van der Waals surface area contributed by atoms with Gasteiger partial charge in [0.2, 0.25) is 0 Å². The van der Waals surface area contributed by atoms with Crippen LogP contribution in [-0.2, 0) is 6.42 Å². The smallest absolute Gasteiger partial charge is 0.410 e. The number of amides is 1. The number of fused-ring (bicyclic) bond motifs is 1. The quantitative estimate of drug-likeness (QED) is 0.780. The molecule has 1 heterocycles. The first-order chi connectivity index (χ1) is 9.75. The summed E-state index contributed by atoms with van der Waals surface area (Å²) in [5.41, 5.74) is 2.17. The first-order valence-corrected chi connectivity index (χ1v) is 6.89. The molecule has 0 aromatic heterocycles. The van der Waals surface area contributed by atoms with Gasteiger partial charge >= 0.3 is 6.09 Å². The van der Waals surface area contributed by atoms with Crippen LogP contribution < -0.4 is 9.64 Å². The number of carbonyl (C=O) groups excluding carboxylic acids is 1. The Labute approximate surface area is 118 Å². The molecular formula is C17H17NO2. The number of aryl methyl sites for hydroxylation is 1. The molecule has 3 nitrogen and oxygen atoms in total. The van der Waals surface area contributed by atoms with Crippen LogP contribution in [-0.4, -0.2) is 12.1 Å². The molecule has 2 aromatic carbocycles. The zero-order valence-corrected chi connectivity index (χ0v) is 11.5. The number of carbonyl (C=O) groups is 1. The zero-order chi connectivity index (χ0) is 13.9. The normalized spacial score (nSPS) is 17.4. The molecular weight excluding hydrogens is 250 g/mol. The van der Waals surface area contributed by atoms with Crippen LogP contribution in [0, 0.1) is 0 Å². The molecule has 0 N–H and O–H groups in total. The lowest BCUT2D eigenvalue weighted by molar-refractivity contribution is 0.204. The highest BCUT2D eigenvalue weighted by Crippen LogP contribution is 2.31. The first-order valence-electron chi connectivity index (χ1n) is 6.89. The molecule has 102 valence electrons. The number of para-hydroxylation sites is 2. The van der Waals surface area contributed by atoms with Crippen molar-refractivity contribution in [1.29, 1.82) is 0 Å². The molecule has 2 aromatic rings. The molecule has 0 radical (unpaired) electrons. The highest BCUT2D eigenvalue weighted by molar-refractivity contribution is 5.91. The molecule has 1 aliphatic heterocycles. The number of ether oxygens (including phenoxy) is 1. The Morgan fingerprint density at radius 3 is 2.60 bits per heavy atom. The molecule has 0 aliphatic carbocycles. The van der Waals surface area contributed by atoms with Crippen molar-refractivity contribution in [2.45, 2.75) is 25.8 Å². The van der Waals surface area contributed by atoms with E-state index in [1.165, 1.54) is 5.56 Å². The van der Waals surface area contributed by atoms with Gasteiger partial charge in [0.25, 0.3) is 0 Å². The monoisotopic (exact) mass is 267 g/mol. The summed E-state index contributed by atoms with van der Waals surface area (Å²) in [7, 11) is 0. The minimum absolute atomic E-state index is 0.154. The average Bonchev–Trinajstić information content (AvgIpc) is 2.48. The van der Waals surface area contributed by atoms with Gasteiger partial charge in [0.15, 0.2) is 0 Å². The Morgan fingerprint density at radius 2 is 1.80 bits per heavy atom. The van der Waals surface area contributed by atoms with Gasteiger partial charge in [-0.25, -0.2) is 4.79 Å². The van der Waals surface area contributed by atoms with Gasteiger partial charge < -0.3 is 4.74 Å². The summed E-state index contributed by atoms with van der Waals surface area (Å²) in [5, 5.41) is 0.